The van der Waals surface area contributed by atoms with Crippen LogP contribution in [0.4, 0.5) is 10.1 Å². The third-order valence-electron chi connectivity index (χ3n) is 2.72. The minimum atomic E-state index is -0.606. The third-order valence-corrected chi connectivity index (χ3v) is 2.72. The number of ether oxygens (including phenoxy) is 1. The van der Waals surface area contributed by atoms with E-state index in [0.29, 0.717) is 11.4 Å². The van der Waals surface area contributed by atoms with Crippen LogP contribution in [0.1, 0.15) is 19.4 Å². The Balaban J connectivity index is 2.30. The van der Waals surface area contributed by atoms with Gasteiger partial charge in [0, 0.05) is 18.5 Å². The molecule has 1 aromatic carbocycles. The molecule has 18 heavy (non-hydrogen) atoms. The number of aromatic nitrogens is 1. The molecule has 0 atom stereocenters. The normalized spacial score (nSPS) is 11.3. The molecule has 0 saturated carbocycles. The van der Waals surface area contributed by atoms with Crippen molar-refractivity contribution in [3.63, 3.8) is 0 Å². The first-order valence-electron chi connectivity index (χ1n) is 5.63. The van der Waals surface area contributed by atoms with E-state index < -0.39 is 5.60 Å². The van der Waals surface area contributed by atoms with E-state index in [9.17, 15) is 4.39 Å². The first kappa shape index (κ1) is 12.4. The van der Waals surface area contributed by atoms with E-state index in [2.05, 4.69) is 4.98 Å². The second-order valence-electron chi connectivity index (χ2n) is 4.53. The number of nitrogen functional groups attached to an aromatic ring is 1. The van der Waals surface area contributed by atoms with E-state index in [0.717, 1.165) is 5.56 Å². The third kappa shape index (κ3) is 2.59. The Kier molecular flexibility index (Phi) is 3.19. The largest absolute Gasteiger partial charge is 0.481 e. The van der Waals surface area contributed by atoms with Crippen molar-refractivity contribution in [2.75, 3.05) is 5.73 Å². The molecule has 4 heteroatoms. The average Bonchev–Trinajstić information content (AvgIpc) is 2.35. The zero-order valence-electron chi connectivity index (χ0n) is 10.4. The summed E-state index contributed by atoms with van der Waals surface area (Å²) in [5.41, 5.74) is 6.53. The van der Waals surface area contributed by atoms with Crippen LogP contribution in [0.15, 0.2) is 42.7 Å². The van der Waals surface area contributed by atoms with Gasteiger partial charge in [-0.05, 0) is 43.7 Å². The molecule has 0 bridgehead atoms. The minimum absolute atomic E-state index is 0.344. The van der Waals surface area contributed by atoms with Gasteiger partial charge in [0.15, 0.2) is 0 Å². The van der Waals surface area contributed by atoms with Crippen LogP contribution >= 0.6 is 0 Å². The van der Waals surface area contributed by atoms with Gasteiger partial charge in [0.05, 0.1) is 5.69 Å². The van der Waals surface area contributed by atoms with E-state index in [1.807, 2.05) is 26.0 Å². The zero-order chi connectivity index (χ0) is 13.2. The Morgan fingerprint density at radius 2 is 1.83 bits per heavy atom. The Bertz CT molecular complexity index is 541. The predicted molar refractivity (Wildman–Crippen MR) is 68.7 cm³/mol. The molecular formula is C14H15FN2O. The summed E-state index contributed by atoms with van der Waals surface area (Å²) in [7, 11) is 0. The molecule has 1 aromatic heterocycles. The molecule has 2 rings (SSSR count). The fraction of sp³-hybridized carbons (Fsp3) is 0.214. The number of hydrogen-bond acceptors (Lipinski definition) is 3. The number of anilines is 1. The lowest BCUT2D eigenvalue weighted by Gasteiger charge is -2.27. The van der Waals surface area contributed by atoms with Gasteiger partial charge in [-0.15, -0.1) is 0 Å². The van der Waals surface area contributed by atoms with Crippen molar-refractivity contribution >= 4 is 5.69 Å². The van der Waals surface area contributed by atoms with Crippen molar-refractivity contribution in [2.45, 2.75) is 19.4 Å². The van der Waals surface area contributed by atoms with Crippen LogP contribution in [0.5, 0.6) is 5.75 Å². The molecular weight excluding hydrogens is 231 g/mol. The van der Waals surface area contributed by atoms with Crippen molar-refractivity contribution in [1.29, 1.82) is 0 Å². The zero-order valence-corrected chi connectivity index (χ0v) is 10.4. The Labute approximate surface area is 105 Å². The fourth-order valence-electron chi connectivity index (χ4n) is 1.68. The van der Waals surface area contributed by atoms with Crippen molar-refractivity contribution in [3.8, 4) is 5.75 Å². The van der Waals surface area contributed by atoms with Gasteiger partial charge in [0.25, 0.3) is 0 Å². The van der Waals surface area contributed by atoms with Gasteiger partial charge in [-0.25, -0.2) is 4.39 Å². The number of hydrogen-bond donors (Lipinski definition) is 1. The molecule has 0 aliphatic carbocycles. The summed E-state index contributed by atoms with van der Waals surface area (Å²) in [6, 6.07) is 7.80. The average molecular weight is 246 g/mol. The monoisotopic (exact) mass is 246 g/mol. The van der Waals surface area contributed by atoms with Gasteiger partial charge in [0.2, 0.25) is 0 Å². The summed E-state index contributed by atoms with van der Waals surface area (Å²) in [5, 5.41) is 0. The van der Waals surface area contributed by atoms with Gasteiger partial charge >= 0.3 is 0 Å². The highest BCUT2D eigenvalue weighted by molar-refractivity contribution is 5.52. The van der Waals surface area contributed by atoms with Gasteiger partial charge in [-0.1, -0.05) is 0 Å². The van der Waals surface area contributed by atoms with E-state index >= 15 is 0 Å². The molecule has 0 radical (unpaired) electrons. The summed E-state index contributed by atoms with van der Waals surface area (Å²) in [6.07, 6.45) is 3.38. The van der Waals surface area contributed by atoms with Gasteiger partial charge in [0.1, 0.15) is 17.2 Å². The van der Waals surface area contributed by atoms with Crippen LogP contribution in [0.3, 0.4) is 0 Å². The quantitative estimate of drug-likeness (QED) is 0.846. The van der Waals surface area contributed by atoms with E-state index in [4.69, 9.17) is 10.5 Å². The summed E-state index contributed by atoms with van der Waals surface area (Å²) < 4.78 is 19.0. The van der Waals surface area contributed by atoms with Gasteiger partial charge in [-0.3, -0.25) is 4.98 Å². The molecule has 0 aliphatic rings. The van der Waals surface area contributed by atoms with E-state index in [-0.39, 0.29) is 5.82 Å². The van der Waals surface area contributed by atoms with Crippen LogP contribution < -0.4 is 10.5 Å². The van der Waals surface area contributed by atoms with Crippen LogP contribution in [0, 0.1) is 5.82 Å². The molecule has 0 fully saturated rings. The number of nitrogens with two attached hydrogens (primary N) is 1. The lowest BCUT2D eigenvalue weighted by Crippen LogP contribution is -2.25. The van der Waals surface area contributed by atoms with Crippen LogP contribution in [0.25, 0.3) is 0 Å². The summed E-state index contributed by atoms with van der Waals surface area (Å²) in [5.74, 6) is -0.0264. The molecule has 3 nitrogen and oxygen atoms in total. The van der Waals surface area contributed by atoms with E-state index in [1.54, 1.807) is 12.4 Å². The summed E-state index contributed by atoms with van der Waals surface area (Å²) in [4.78, 5) is 3.96. The second-order valence-corrected chi connectivity index (χ2v) is 4.53. The fourth-order valence-corrected chi connectivity index (χ4v) is 1.68. The van der Waals surface area contributed by atoms with Crippen LogP contribution in [0.2, 0.25) is 0 Å². The maximum atomic E-state index is 13.2. The summed E-state index contributed by atoms with van der Waals surface area (Å²) in [6.45, 7) is 3.79. The highest BCUT2D eigenvalue weighted by Gasteiger charge is 2.23. The van der Waals surface area contributed by atoms with Gasteiger partial charge in [-0.2, -0.15) is 0 Å². The van der Waals surface area contributed by atoms with Crippen LogP contribution in [-0.2, 0) is 5.60 Å². The molecule has 0 unspecified atom stereocenters. The number of benzene rings is 1. The Morgan fingerprint density at radius 1 is 1.17 bits per heavy atom. The Morgan fingerprint density at radius 3 is 2.50 bits per heavy atom. The predicted octanol–water partition coefficient (Wildman–Crippen LogP) is 3.12. The van der Waals surface area contributed by atoms with Crippen molar-refractivity contribution < 1.29 is 9.13 Å². The molecule has 0 spiro atoms. The van der Waals surface area contributed by atoms with Crippen molar-refractivity contribution in [2.24, 2.45) is 0 Å². The van der Waals surface area contributed by atoms with Crippen LogP contribution in [-0.4, -0.2) is 4.98 Å². The Hall–Kier alpha value is -2.10. The smallest absolute Gasteiger partial charge is 0.146 e. The van der Waals surface area contributed by atoms with E-state index in [1.165, 1.54) is 18.2 Å². The summed E-state index contributed by atoms with van der Waals surface area (Å²) >= 11 is 0. The standard InChI is InChI=1S/C14H15FN2O/c1-14(2,10-5-7-17-8-6-10)18-13-9-11(15)3-4-12(13)16/h3-9H,16H2,1-2H3. The topological polar surface area (TPSA) is 48.1 Å². The highest BCUT2D eigenvalue weighted by atomic mass is 19.1. The second kappa shape index (κ2) is 4.64. The molecule has 0 aliphatic heterocycles. The molecule has 0 amide bonds. The molecule has 2 N–H and O–H groups in total. The number of nitrogens with zero attached hydrogens (tertiary/aromatic N) is 1. The number of halogens is 1. The molecule has 2 aromatic rings. The lowest BCUT2D eigenvalue weighted by molar-refractivity contribution is 0.109. The first-order chi connectivity index (χ1) is 8.49. The first-order valence-corrected chi connectivity index (χ1v) is 5.63. The molecule has 94 valence electrons. The van der Waals surface area contributed by atoms with Crippen molar-refractivity contribution in [3.05, 3.63) is 54.1 Å². The lowest BCUT2D eigenvalue weighted by atomic mass is 9.99. The van der Waals surface area contributed by atoms with Gasteiger partial charge < -0.3 is 10.5 Å². The SMILES string of the molecule is CC(C)(Oc1cc(F)ccc1N)c1ccncc1. The molecule has 0 saturated heterocycles. The highest BCUT2D eigenvalue weighted by Crippen LogP contribution is 2.31. The number of rotatable bonds is 3. The maximum Gasteiger partial charge on any atom is 0.146 e. The van der Waals surface area contributed by atoms with Crippen molar-refractivity contribution in [1.82, 2.24) is 4.98 Å². The molecule has 1 heterocycles. The minimum Gasteiger partial charge on any atom is -0.481 e. The number of pyridine rings is 1. The maximum absolute atomic E-state index is 13.2.